The molecular weight excluding hydrogens is 724 g/mol. The second-order valence-corrected chi connectivity index (χ2v) is 13.9. The molecule has 3 heterocycles. The van der Waals surface area contributed by atoms with E-state index in [4.69, 9.17) is 9.72 Å². The van der Waals surface area contributed by atoms with Crippen LogP contribution in [0.5, 0.6) is 11.5 Å². The number of aryl methyl sites for hydroxylation is 2. The summed E-state index contributed by atoms with van der Waals surface area (Å²) in [5, 5.41) is 2.39. The van der Waals surface area contributed by atoms with Crippen LogP contribution in [0.15, 0.2) is 103 Å². The Morgan fingerprint density at radius 1 is 0.773 bits per heavy atom. The fraction of sp³-hybridized carbons (Fsp3) is 0.211. The Kier molecular flexibility index (Phi) is 6.32. The quantitative estimate of drug-likeness (QED) is 0.180. The molecule has 0 radical (unpaired) electrons. The van der Waals surface area contributed by atoms with Gasteiger partial charge in [0.15, 0.2) is 0 Å². The molecule has 0 aliphatic heterocycles. The average molecular weight is 758 g/mol. The van der Waals surface area contributed by atoms with Gasteiger partial charge in [-0.1, -0.05) is 39.0 Å². The normalized spacial score (nSPS) is 15.0. The molecule has 1 unspecified atom stereocenters. The van der Waals surface area contributed by atoms with Crippen LogP contribution in [0.4, 0.5) is 0 Å². The Labute approximate surface area is 267 Å². The molecule has 44 heavy (non-hydrogen) atoms. The van der Waals surface area contributed by atoms with Crippen molar-refractivity contribution in [3.63, 3.8) is 0 Å². The summed E-state index contributed by atoms with van der Waals surface area (Å²) in [7, 11) is 2.15. The molecule has 5 nitrogen and oxygen atoms in total. The Morgan fingerprint density at radius 2 is 1.48 bits per heavy atom. The first-order valence-electron chi connectivity index (χ1n) is 15.2. The first kappa shape index (κ1) is 27.3. The van der Waals surface area contributed by atoms with Gasteiger partial charge in [0.2, 0.25) is 0 Å². The van der Waals surface area contributed by atoms with Crippen molar-refractivity contribution in [3.8, 4) is 17.3 Å². The third-order valence-corrected chi connectivity index (χ3v) is 10.4. The van der Waals surface area contributed by atoms with Gasteiger partial charge in [0.05, 0.1) is 0 Å². The van der Waals surface area contributed by atoms with Crippen molar-refractivity contribution in [1.29, 1.82) is 0 Å². The molecule has 0 spiro atoms. The van der Waals surface area contributed by atoms with Crippen LogP contribution in [-0.2, 0) is 38.2 Å². The third-order valence-electron chi connectivity index (χ3n) is 9.14. The number of nitrogens with zero attached hydrogens (tertiary/aromatic N) is 4. The summed E-state index contributed by atoms with van der Waals surface area (Å²) >= 11 is 2.47. The van der Waals surface area contributed by atoms with E-state index in [1.807, 2.05) is 6.20 Å². The van der Waals surface area contributed by atoms with Crippen molar-refractivity contribution in [1.82, 2.24) is 18.7 Å². The molecule has 1 aliphatic carbocycles. The number of pyridine rings is 1. The molecule has 4 aromatic carbocycles. The first-order chi connectivity index (χ1) is 21.3. The topological polar surface area (TPSA) is 36.9 Å². The van der Waals surface area contributed by atoms with Gasteiger partial charge in [-0.2, -0.15) is 0 Å². The molecule has 0 saturated heterocycles. The molecule has 3 aromatic heterocycles. The Morgan fingerprint density at radius 3 is 2.30 bits per heavy atom. The molecule has 0 saturated carbocycles. The number of para-hydroxylation sites is 3. The minimum absolute atomic E-state index is 0.0264. The van der Waals surface area contributed by atoms with Crippen LogP contribution >= 0.6 is 0 Å². The van der Waals surface area contributed by atoms with E-state index in [1.165, 1.54) is 42.3 Å². The van der Waals surface area contributed by atoms with Crippen LogP contribution in [0.1, 0.15) is 49.9 Å². The predicted octanol–water partition coefficient (Wildman–Crippen LogP) is 9.18. The van der Waals surface area contributed by atoms with Gasteiger partial charge in [0, 0.05) is 6.20 Å². The molecule has 0 amide bonds. The van der Waals surface area contributed by atoms with Gasteiger partial charge in [-0.15, -0.1) is 0 Å². The second-order valence-electron chi connectivity index (χ2n) is 12.9. The predicted molar refractivity (Wildman–Crippen MR) is 174 cm³/mol. The van der Waals surface area contributed by atoms with Gasteiger partial charge in [-0.05, 0) is 29.2 Å². The minimum atomic E-state index is 0.0264. The number of fused-ring (bicyclic) bond motifs is 5. The number of benzene rings is 4. The van der Waals surface area contributed by atoms with Gasteiger partial charge >= 0.3 is 189 Å². The summed E-state index contributed by atoms with van der Waals surface area (Å²) in [4.78, 5) is 4.83. The zero-order chi connectivity index (χ0) is 30.2. The number of ether oxygens (including phenoxy) is 1. The van der Waals surface area contributed by atoms with E-state index in [1.54, 1.807) is 0 Å². The van der Waals surface area contributed by atoms with E-state index in [0.717, 1.165) is 41.2 Å². The average Bonchev–Trinajstić information content (AvgIpc) is 3.66. The number of hydrogen-bond acceptors (Lipinski definition) is 2. The molecule has 0 bridgehead atoms. The zero-order valence-electron chi connectivity index (χ0n) is 25.3. The van der Waals surface area contributed by atoms with Crippen LogP contribution in [0.3, 0.4) is 0 Å². The van der Waals surface area contributed by atoms with E-state index in [2.05, 4.69) is 158 Å². The van der Waals surface area contributed by atoms with Crippen molar-refractivity contribution in [3.05, 3.63) is 124 Å². The fourth-order valence-electron chi connectivity index (χ4n) is 6.88. The van der Waals surface area contributed by atoms with Gasteiger partial charge in [0.1, 0.15) is 0 Å². The third kappa shape index (κ3) is 4.32. The summed E-state index contributed by atoms with van der Waals surface area (Å²) in [6.07, 6.45) is 4.08. The van der Waals surface area contributed by atoms with Gasteiger partial charge in [0.25, 0.3) is 0 Å². The fourth-order valence-corrected chi connectivity index (χ4v) is 7.78. The number of rotatable bonds is 4. The molecule has 1 aliphatic rings. The molecule has 222 valence electrons. The number of imidazole rings is 1. The Balaban J connectivity index is 1.21. The van der Waals surface area contributed by atoms with E-state index in [9.17, 15) is 0 Å². The molecule has 8 rings (SSSR count). The first-order valence-corrected chi connectivity index (χ1v) is 16.3. The summed E-state index contributed by atoms with van der Waals surface area (Å²) in [6.45, 7) is 6.72. The number of hydrogen-bond donors (Lipinski definition) is 0. The standard InChI is InChI=1S/C38H34N4O.Pt/c1-38(2,3)26-19-20-39-37(21-26)42-33-10-6-5-9-29(33)30-17-16-28(23-36(30)42)43-27-15-13-25-14-18-32(31(25)22-27)41-24-40(4)34-11-7-8-12-35(34)41;/h5-13,15-17,19-23,32H,14,18H2,1-4H3;. The molecular formula is C38H34N4OPt. The maximum absolute atomic E-state index is 6.63. The van der Waals surface area contributed by atoms with Crippen LogP contribution < -0.4 is 4.74 Å². The maximum atomic E-state index is 6.63. The molecule has 1 atom stereocenters. The monoisotopic (exact) mass is 757 g/mol. The van der Waals surface area contributed by atoms with Crippen molar-refractivity contribution < 1.29 is 24.1 Å². The molecule has 0 fully saturated rings. The van der Waals surface area contributed by atoms with Gasteiger partial charge in [-0.25, -0.2) is 4.98 Å². The van der Waals surface area contributed by atoms with Gasteiger partial charge in [-0.3, -0.25) is 0 Å². The van der Waals surface area contributed by atoms with Crippen molar-refractivity contribution in [2.24, 2.45) is 7.05 Å². The molecule has 7 aromatic rings. The summed E-state index contributed by atoms with van der Waals surface area (Å²) in [6, 6.07) is 34.9. The zero-order valence-corrected chi connectivity index (χ0v) is 27.6. The Bertz CT molecular complexity index is 2300. The summed E-state index contributed by atoms with van der Waals surface area (Å²) in [5.74, 6) is 2.60. The van der Waals surface area contributed by atoms with Crippen molar-refractivity contribution in [2.45, 2.75) is 45.1 Å². The van der Waals surface area contributed by atoms with E-state index < -0.39 is 0 Å². The number of aromatic nitrogens is 4. The Hall–Kier alpha value is -4.21. The molecule has 0 N–H and O–H groups in total. The summed E-state index contributed by atoms with van der Waals surface area (Å²) < 4.78 is 14.9. The summed E-state index contributed by atoms with van der Waals surface area (Å²) in [5.41, 5.74) is 8.78. The van der Waals surface area contributed by atoms with Crippen LogP contribution in [0.25, 0.3) is 38.7 Å². The second kappa shape index (κ2) is 10.2. The van der Waals surface area contributed by atoms with E-state index in [-0.39, 0.29) is 11.5 Å². The van der Waals surface area contributed by atoms with Crippen LogP contribution in [0.2, 0.25) is 0 Å². The van der Waals surface area contributed by atoms with Crippen LogP contribution in [0, 0.1) is 3.80 Å². The van der Waals surface area contributed by atoms with Crippen molar-refractivity contribution in [2.75, 3.05) is 0 Å². The molecule has 6 heteroatoms. The van der Waals surface area contributed by atoms with Crippen molar-refractivity contribution >= 4 is 32.8 Å². The van der Waals surface area contributed by atoms with E-state index in [0.29, 0.717) is 0 Å². The van der Waals surface area contributed by atoms with Crippen LogP contribution in [-0.4, -0.2) is 18.7 Å². The van der Waals surface area contributed by atoms with Gasteiger partial charge < -0.3 is 0 Å². The SMILES string of the molecule is Cn1[c](=[Pt])n(C2CCc3ccc(Oc4ccc5c6ccccc6n(-c6cc(C(C)(C)C)ccn6)c5c4)cc32)c2ccccc21. The van der Waals surface area contributed by atoms with E-state index >= 15 is 0 Å².